The van der Waals surface area contributed by atoms with E-state index in [1.807, 2.05) is 26.0 Å². The van der Waals surface area contributed by atoms with Gasteiger partial charge in [0.2, 0.25) is 0 Å². The molecular weight excluding hydrogens is 231 g/mol. The minimum atomic E-state index is -0.375. The summed E-state index contributed by atoms with van der Waals surface area (Å²) in [4.78, 5) is 12.0. The molecule has 0 aliphatic heterocycles. The summed E-state index contributed by atoms with van der Waals surface area (Å²) in [5, 5.41) is 2.96. The molecule has 0 atom stereocenters. The number of aryl methyl sites for hydroxylation is 2. The second-order valence-corrected chi connectivity index (χ2v) is 4.00. The highest BCUT2D eigenvalue weighted by Gasteiger charge is 2.08. The third-order valence-electron chi connectivity index (χ3n) is 2.63. The maximum atomic E-state index is 13.8. The SMILES string of the molecule is CCc1ncnc(NCc2ccc(C)nc2)c1F. The number of hydrogen-bond donors (Lipinski definition) is 1. The maximum Gasteiger partial charge on any atom is 0.186 e. The zero-order valence-corrected chi connectivity index (χ0v) is 10.4. The zero-order chi connectivity index (χ0) is 13.0. The van der Waals surface area contributed by atoms with Crippen LogP contribution in [0.25, 0.3) is 0 Å². The van der Waals surface area contributed by atoms with E-state index in [1.54, 1.807) is 6.20 Å². The lowest BCUT2D eigenvalue weighted by molar-refractivity contribution is 0.596. The van der Waals surface area contributed by atoms with Gasteiger partial charge in [0.1, 0.15) is 6.33 Å². The molecule has 1 N–H and O–H groups in total. The quantitative estimate of drug-likeness (QED) is 0.900. The molecule has 0 aliphatic carbocycles. The van der Waals surface area contributed by atoms with Gasteiger partial charge in [-0.15, -0.1) is 0 Å². The number of pyridine rings is 1. The van der Waals surface area contributed by atoms with Crippen LogP contribution in [-0.4, -0.2) is 15.0 Å². The molecule has 0 fully saturated rings. The van der Waals surface area contributed by atoms with E-state index < -0.39 is 0 Å². The largest absolute Gasteiger partial charge is 0.363 e. The van der Waals surface area contributed by atoms with Crippen molar-refractivity contribution in [2.24, 2.45) is 0 Å². The summed E-state index contributed by atoms with van der Waals surface area (Å²) in [7, 11) is 0. The van der Waals surface area contributed by atoms with Crippen molar-refractivity contribution >= 4 is 5.82 Å². The molecule has 2 aromatic heterocycles. The molecule has 0 spiro atoms. The van der Waals surface area contributed by atoms with Gasteiger partial charge in [0.25, 0.3) is 0 Å². The summed E-state index contributed by atoms with van der Waals surface area (Å²) >= 11 is 0. The summed E-state index contributed by atoms with van der Waals surface area (Å²) in [5.41, 5.74) is 2.37. The summed E-state index contributed by atoms with van der Waals surface area (Å²) in [5.74, 6) is -0.137. The van der Waals surface area contributed by atoms with Gasteiger partial charge < -0.3 is 5.32 Å². The lowest BCUT2D eigenvalue weighted by atomic mass is 10.2. The highest BCUT2D eigenvalue weighted by atomic mass is 19.1. The van der Waals surface area contributed by atoms with Crippen LogP contribution in [0.5, 0.6) is 0 Å². The Morgan fingerprint density at radius 2 is 2.06 bits per heavy atom. The van der Waals surface area contributed by atoms with Gasteiger partial charge in [-0.3, -0.25) is 4.98 Å². The van der Waals surface area contributed by atoms with Crippen LogP contribution in [-0.2, 0) is 13.0 Å². The lowest BCUT2D eigenvalue weighted by Crippen LogP contribution is -2.07. The van der Waals surface area contributed by atoms with Gasteiger partial charge in [-0.05, 0) is 25.0 Å². The van der Waals surface area contributed by atoms with Gasteiger partial charge in [0, 0.05) is 18.4 Å². The third-order valence-corrected chi connectivity index (χ3v) is 2.63. The van der Waals surface area contributed by atoms with Gasteiger partial charge in [-0.2, -0.15) is 0 Å². The van der Waals surface area contributed by atoms with E-state index in [4.69, 9.17) is 0 Å². The van der Waals surface area contributed by atoms with Crippen molar-refractivity contribution in [1.29, 1.82) is 0 Å². The number of nitrogens with one attached hydrogen (secondary N) is 1. The smallest absolute Gasteiger partial charge is 0.186 e. The molecule has 4 nitrogen and oxygen atoms in total. The number of nitrogens with zero attached hydrogens (tertiary/aromatic N) is 3. The first-order valence-corrected chi connectivity index (χ1v) is 5.85. The number of rotatable bonds is 4. The average Bonchev–Trinajstić information content (AvgIpc) is 2.39. The monoisotopic (exact) mass is 246 g/mol. The molecule has 2 aromatic rings. The van der Waals surface area contributed by atoms with E-state index in [9.17, 15) is 4.39 Å². The second-order valence-electron chi connectivity index (χ2n) is 4.00. The Bertz CT molecular complexity index is 525. The highest BCUT2D eigenvalue weighted by Crippen LogP contribution is 2.14. The Kier molecular flexibility index (Phi) is 3.82. The average molecular weight is 246 g/mol. The van der Waals surface area contributed by atoms with Crippen LogP contribution in [0.2, 0.25) is 0 Å². The Hall–Kier alpha value is -2.04. The summed E-state index contributed by atoms with van der Waals surface area (Å²) in [6.45, 7) is 4.28. The van der Waals surface area contributed by atoms with Crippen molar-refractivity contribution in [3.8, 4) is 0 Å². The Labute approximate surface area is 105 Å². The fraction of sp³-hybridized carbons (Fsp3) is 0.308. The molecule has 18 heavy (non-hydrogen) atoms. The molecule has 94 valence electrons. The molecule has 0 aromatic carbocycles. The normalized spacial score (nSPS) is 10.4. The number of anilines is 1. The van der Waals surface area contributed by atoms with Crippen LogP contribution >= 0.6 is 0 Å². The van der Waals surface area contributed by atoms with Crippen molar-refractivity contribution in [2.75, 3.05) is 5.32 Å². The minimum Gasteiger partial charge on any atom is -0.363 e. The van der Waals surface area contributed by atoms with Crippen molar-refractivity contribution in [2.45, 2.75) is 26.8 Å². The van der Waals surface area contributed by atoms with Crippen LogP contribution in [0.3, 0.4) is 0 Å². The van der Waals surface area contributed by atoms with Gasteiger partial charge in [-0.25, -0.2) is 14.4 Å². The van der Waals surface area contributed by atoms with Crippen molar-refractivity contribution in [3.63, 3.8) is 0 Å². The first kappa shape index (κ1) is 12.4. The van der Waals surface area contributed by atoms with Gasteiger partial charge in [0.15, 0.2) is 11.6 Å². The van der Waals surface area contributed by atoms with Crippen LogP contribution in [0, 0.1) is 12.7 Å². The van der Waals surface area contributed by atoms with Crippen LogP contribution in [0.15, 0.2) is 24.7 Å². The van der Waals surface area contributed by atoms with Crippen LogP contribution < -0.4 is 5.32 Å². The molecule has 5 heteroatoms. The zero-order valence-electron chi connectivity index (χ0n) is 10.4. The van der Waals surface area contributed by atoms with E-state index in [0.717, 1.165) is 11.3 Å². The fourth-order valence-electron chi connectivity index (χ4n) is 1.56. The third kappa shape index (κ3) is 2.80. The van der Waals surface area contributed by atoms with Crippen molar-refractivity contribution < 1.29 is 4.39 Å². The van der Waals surface area contributed by atoms with E-state index in [2.05, 4.69) is 20.3 Å². The molecule has 2 rings (SSSR count). The predicted molar refractivity (Wildman–Crippen MR) is 67.7 cm³/mol. The highest BCUT2D eigenvalue weighted by molar-refractivity contribution is 5.38. The molecule has 0 saturated carbocycles. The molecule has 0 amide bonds. The van der Waals surface area contributed by atoms with Crippen molar-refractivity contribution in [3.05, 3.63) is 47.4 Å². The number of hydrogen-bond acceptors (Lipinski definition) is 4. The van der Waals surface area contributed by atoms with E-state index in [0.29, 0.717) is 18.7 Å². The Balaban J connectivity index is 2.08. The van der Waals surface area contributed by atoms with Crippen LogP contribution in [0.1, 0.15) is 23.9 Å². The Morgan fingerprint density at radius 1 is 1.22 bits per heavy atom. The molecule has 0 aliphatic rings. The fourth-order valence-corrected chi connectivity index (χ4v) is 1.56. The minimum absolute atomic E-state index is 0.238. The Morgan fingerprint density at radius 3 is 2.72 bits per heavy atom. The second kappa shape index (κ2) is 5.53. The number of aromatic nitrogens is 3. The molecule has 2 heterocycles. The lowest BCUT2D eigenvalue weighted by Gasteiger charge is -2.08. The van der Waals surface area contributed by atoms with Crippen LogP contribution in [0.4, 0.5) is 10.2 Å². The molecular formula is C13H15FN4. The molecule has 0 unspecified atom stereocenters. The summed E-state index contributed by atoms with van der Waals surface area (Å²) < 4.78 is 13.8. The van der Waals surface area contributed by atoms with Gasteiger partial charge >= 0.3 is 0 Å². The first-order valence-electron chi connectivity index (χ1n) is 5.85. The number of halogens is 1. The summed E-state index contributed by atoms with van der Waals surface area (Å²) in [6.07, 6.45) is 3.69. The topological polar surface area (TPSA) is 50.7 Å². The standard InChI is InChI=1S/C13H15FN4/c1-3-11-12(14)13(18-8-17-11)16-7-10-5-4-9(2)15-6-10/h4-6,8H,3,7H2,1-2H3,(H,16,17,18). The van der Waals surface area contributed by atoms with E-state index >= 15 is 0 Å². The van der Waals surface area contributed by atoms with Crippen molar-refractivity contribution in [1.82, 2.24) is 15.0 Å². The van der Waals surface area contributed by atoms with E-state index in [1.165, 1.54) is 6.33 Å². The molecule has 0 saturated heterocycles. The first-order chi connectivity index (χ1) is 8.70. The van der Waals surface area contributed by atoms with Gasteiger partial charge in [-0.1, -0.05) is 13.0 Å². The summed E-state index contributed by atoms with van der Waals surface area (Å²) in [6, 6.07) is 3.87. The van der Waals surface area contributed by atoms with Gasteiger partial charge in [0.05, 0.1) is 5.69 Å². The molecule has 0 radical (unpaired) electrons. The predicted octanol–water partition coefficient (Wildman–Crippen LogP) is 2.49. The van der Waals surface area contributed by atoms with E-state index in [-0.39, 0.29) is 11.6 Å². The molecule has 0 bridgehead atoms. The maximum absolute atomic E-state index is 13.8.